The summed E-state index contributed by atoms with van der Waals surface area (Å²) >= 11 is 0. The van der Waals surface area contributed by atoms with Gasteiger partial charge in [-0.1, -0.05) is 163 Å². The summed E-state index contributed by atoms with van der Waals surface area (Å²) in [5.74, 6) is 0. The van der Waals surface area contributed by atoms with E-state index in [4.69, 9.17) is 0 Å². The van der Waals surface area contributed by atoms with E-state index in [0.29, 0.717) is 0 Å². The number of anilines is 6. The predicted octanol–water partition coefficient (Wildman–Crippen LogP) is 13.3. The first kappa shape index (κ1) is 32.7. The third-order valence-electron chi connectivity index (χ3n) is 13.3. The molecular formula is C56H37BN2. The van der Waals surface area contributed by atoms with Gasteiger partial charge in [-0.2, -0.15) is 0 Å². The third kappa shape index (κ3) is 4.53. The van der Waals surface area contributed by atoms with Gasteiger partial charge in [0.2, 0.25) is 0 Å². The fourth-order valence-corrected chi connectivity index (χ4v) is 10.6. The highest BCUT2D eigenvalue weighted by Crippen LogP contribution is 2.49. The Morgan fingerprint density at radius 2 is 0.678 bits per heavy atom. The van der Waals surface area contributed by atoms with Crippen LogP contribution in [0.3, 0.4) is 0 Å². The lowest BCUT2D eigenvalue weighted by molar-refractivity contribution is 1.26. The van der Waals surface area contributed by atoms with Crippen molar-refractivity contribution in [3.05, 3.63) is 199 Å². The van der Waals surface area contributed by atoms with E-state index in [1.807, 2.05) is 0 Å². The van der Waals surface area contributed by atoms with Gasteiger partial charge < -0.3 is 9.80 Å². The van der Waals surface area contributed by atoms with Crippen LogP contribution in [0.2, 0.25) is 0 Å². The van der Waals surface area contributed by atoms with Crippen LogP contribution < -0.4 is 26.2 Å². The SMILES string of the molecule is Cc1ccc(N2c3cccc4c3B(c3ccc5c(ccc6c7ccccc7ccc56)c32)c2ccc3c(ccc5c6ccccc6ccc35)c2N4c2ccc(C)cc2)cc1. The molecule has 0 N–H and O–H groups in total. The zero-order chi connectivity index (χ0) is 38.9. The highest BCUT2D eigenvalue weighted by atomic mass is 15.2. The van der Waals surface area contributed by atoms with E-state index in [1.54, 1.807) is 0 Å². The van der Waals surface area contributed by atoms with Gasteiger partial charge in [0.1, 0.15) is 0 Å². The second-order valence-corrected chi connectivity index (χ2v) is 16.6. The fraction of sp³-hybridized carbons (Fsp3) is 0.0357. The number of hydrogen-bond donors (Lipinski definition) is 0. The molecule has 11 aromatic carbocycles. The number of aryl methyl sites for hydroxylation is 2. The Kier molecular flexibility index (Phi) is 6.70. The maximum absolute atomic E-state index is 2.55. The van der Waals surface area contributed by atoms with Gasteiger partial charge in [0, 0.05) is 44.9 Å². The summed E-state index contributed by atoms with van der Waals surface area (Å²) in [5, 5.41) is 15.4. The number of hydrogen-bond acceptors (Lipinski definition) is 2. The molecule has 0 aliphatic carbocycles. The van der Waals surface area contributed by atoms with E-state index in [-0.39, 0.29) is 6.71 Å². The van der Waals surface area contributed by atoms with Gasteiger partial charge in [-0.15, -0.1) is 0 Å². The van der Waals surface area contributed by atoms with E-state index in [9.17, 15) is 0 Å². The van der Waals surface area contributed by atoms with Crippen LogP contribution in [0, 0.1) is 13.8 Å². The molecule has 0 radical (unpaired) electrons. The van der Waals surface area contributed by atoms with Crippen molar-refractivity contribution in [2.24, 2.45) is 0 Å². The fourth-order valence-electron chi connectivity index (χ4n) is 10.6. The number of rotatable bonds is 2. The van der Waals surface area contributed by atoms with Crippen LogP contribution in [-0.4, -0.2) is 6.71 Å². The molecule has 13 rings (SSSR count). The summed E-state index contributed by atoms with van der Waals surface area (Å²) < 4.78 is 0. The van der Waals surface area contributed by atoms with Crippen LogP contribution in [0.4, 0.5) is 34.1 Å². The average Bonchev–Trinajstić information content (AvgIpc) is 3.29. The largest absolute Gasteiger partial charge is 0.311 e. The van der Waals surface area contributed by atoms with Gasteiger partial charge >= 0.3 is 0 Å². The molecule has 2 aliphatic rings. The Hall–Kier alpha value is -7.36. The average molecular weight is 749 g/mol. The molecule has 0 aromatic heterocycles. The van der Waals surface area contributed by atoms with Gasteiger partial charge in [0.25, 0.3) is 6.71 Å². The normalized spacial score (nSPS) is 13.2. The predicted molar refractivity (Wildman–Crippen MR) is 255 cm³/mol. The molecule has 0 unspecified atom stereocenters. The van der Waals surface area contributed by atoms with E-state index in [2.05, 4.69) is 212 Å². The Labute approximate surface area is 343 Å². The Balaban J connectivity index is 1.16. The second-order valence-electron chi connectivity index (χ2n) is 16.6. The van der Waals surface area contributed by atoms with Crippen molar-refractivity contribution >= 4 is 122 Å². The Bertz CT molecular complexity index is 3350. The topological polar surface area (TPSA) is 6.48 Å². The third-order valence-corrected chi connectivity index (χ3v) is 13.3. The second kappa shape index (κ2) is 12.1. The number of benzene rings is 11. The van der Waals surface area contributed by atoms with Gasteiger partial charge in [0.05, 0.1) is 0 Å². The van der Waals surface area contributed by atoms with Gasteiger partial charge in [-0.3, -0.25) is 0 Å². The van der Waals surface area contributed by atoms with Gasteiger partial charge in [0.15, 0.2) is 0 Å². The minimum absolute atomic E-state index is 0.0167. The van der Waals surface area contributed by atoms with Crippen LogP contribution in [-0.2, 0) is 0 Å². The monoisotopic (exact) mass is 748 g/mol. The lowest BCUT2D eigenvalue weighted by Gasteiger charge is -2.45. The summed E-state index contributed by atoms with van der Waals surface area (Å²) in [6.07, 6.45) is 0. The molecule has 2 heterocycles. The maximum atomic E-state index is 2.55. The first-order chi connectivity index (χ1) is 29.1. The molecule has 3 heteroatoms. The zero-order valence-corrected chi connectivity index (χ0v) is 32.9. The molecule has 59 heavy (non-hydrogen) atoms. The molecule has 0 spiro atoms. The molecule has 0 bridgehead atoms. The van der Waals surface area contributed by atoms with Crippen LogP contribution in [0.5, 0.6) is 0 Å². The molecule has 0 fully saturated rings. The number of nitrogens with zero attached hydrogens (tertiary/aromatic N) is 2. The van der Waals surface area contributed by atoms with E-state index in [1.165, 1.54) is 126 Å². The lowest BCUT2D eigenvalue weighted by Crippen LogP contribution is -2.61. The Morgan fingerprint density at radius 1 is 0.305 bits per heavy atom. The van der Waals surface area contributed by atoms with Crippen molar-refractivity contribution in [1.29, 1.82) is 0 Å². The van der Waals surface area contributed by atoms with E-state index in [0.717, 1.165) is 0 Å². The summed E-state index contributed by atoms with van der Waals surface area (Å²) in [6.45, 7) is 4.36. The maximum Gasteiger partial charge on any atom is 0.252 e. The highest BCUT2D eigenvalue weighted by Gasteiger charge is 2.44. The van der Waals surface area contributed by atoms with Crippen molar-refractivity contribution in [3.8, 4) is 0 Å². The molecule has 0 amide bonds. The lowest BCUT2D eigenvalue weighted by atomic mass is 9.33. The van der Waals surface area contributed by atoms with E-state index < -0.39 is 0 Å². The quantitative estimate of drug-likeness (QED) is 0.128. The molecule has 2 nitrogen and oxygen atoms in total. The summed E-state index contributed by atoms with van der Waals surface area (Å²) in [6, 6.07) is 71.0. The standard InChI is InChI=1S/C56H37BN2/c1-34-14-20-38(21-15-34)58-52-12-7-13-53-54(52)57(50-32-30-46-44-24-18-36-8-3-5-10-40(36)42(44)26-28-48(46)55(50)58)51-33-31-47-45-25-19-37-9-4-6-11-41(37)43(45)27-29-49(47)56(51)59(53)39-22-16-35(2)17-23-39/h3-33H,1-2H3. The van der Waals surface area contributed by atoms with Crippen LogP contribution in [0.15, 0.2) is 188 Å². The van der Waals surface area contributed by atoms with E-state index >= 15 is 0 Å². The summed E-state index contributed by atoms with van der Waals surface area (Å²) in [4.78, 5) is 5.11. The highest BCUT2D eigenvalue weighted by molar-refractivity contribution is 7.00. The number of fused-ring (bicyclic) bond motifs is 16. The Morgan fingerprint density at radius 3 is 1.15 bits per heavy atom. The summed E-state index contributed by atoms with van der Waals surface area (Å²) in [7, 11) is 0. The van der Waals surface area contributed by atoms with Gasteiger partial charge in [-0.25, -0.2) is 0 Å². The zero-order valence-electron chi connectivity index (χ0n) is 32.9. The molecule has 274 valence electrons. The molecule has 0 atom stereocenters. The van der Waals surface area contributed by atoms with Gasteiger partial charge in [-0.05, 0) is 120 Å². The van der Waals surface area contributed by atoms with Crippen molar-refractivity contribution < 1.29 is 0 Å². The van der Waals surface area contributed by atoms with Crippen molar-refractivity contribution in [2.45, 2.75) is 13.8 Å². The first-order valence-corrected chi connectivity index (χ1v) is 20.7. The van der Waals surface area contributed by atoms with Crippen LogP contribution in [0.25, 0.3) is 64.6 Å². The summed E-state index contributed by atoms with van der Waals surface area (Å²) in [5.41, 5.74) is 13.8. The molecule has 11 aromatic rings. The van der Waals surface area contributed by atoms with Crippen LogP contribution >= 0.6 is 0 Å². The molecule has 0 saturated heterocycles. The van der Waals surface area contributed by atoms with Crippen molar-refractivity contribution in [2.75, 3.05) is 9.80 Å². The minimum Gasteiger partial charge on any atom is -0.311 e. The molecule has 2 aliphatic heterocycles. The smallest absolute Gasteiger partial charge is 0.252 e. The van der Waals surface area contributed by atoms with Crippen LogP contribution in [0.1, 0.15) is 11.1 Å². The van der Waals surface area contributed by atoms with Crippen molar-refractivity contribution in [1.82, 2.24) is 0 Å². The minimum atomic E-state index is 0.0167. The molecular weight excluding hydrogens is 711 g/mol. The first-order valence-electron chi connectivity index (χ1n) is 20.7. The van der Waals surface area contributed by atoms with Crippen molar-refractivity contribution in [3.63, 3.8) is 0 Å². The molecule has 0 saturated carbocycles.